The van der Waals surface area contributed by atoms with Crippen LogP contribution in [0.15, 0.2) is 22.8 Å². The van der Waals surface area contributed by atoms with E-state index in [1.165, 1.54) is 0 Å². The molecule has 1 aromatic heterocycles. The molecule has 12 heavy (non-hydrogen) atoms. The molecular weight excluding hydrogens is 222 g/mol. The van der Waals surface area contributed by atoms with Crippen LogP contribution in [0, 0.1) is 0 Å². The maximum atomic E-state index is 5.46. The van der Waals surface area contributed by atoms with Crippen LogP contribution in [0.2, 0.25) is 0 Å². The van der Waals surface area contributed by atoms with Gasteiger partial charge in [0.2, 0.25) is 5.88 Å². The summed E-state index contributed by atoms with van der Waals surface area (Å²) in [4.78, 5) is 4.13. The molecule has 64 valence electrons. The van der Waals surface area contributed by atoms with Gasteiger partial charge >= 0.3 is 0 Å². The zero-order valence-electron chi connectivity index (χ0n) is 6.37. The highest BCUT2D eigenvalue weighted by Crippen LogP contribution is 2.15. The number of ether oxygens (including phenoxy) is 2. The molecule has 0 saturated carbocycles. The van der Waals surface area contributed by atoms with Crippen LogP contribution in [-0.4, -0.2) is 24.3 Å². The van der Waals surface area contributed by atoms with Crippen LogP contribution in [0.4, 0.5) is 0 Å². The number of hydrogen-bond acceptors (Lipinski definition) is 3. The van der Waals surface area contributed by atoms with E-state index in [1.807, 2.05) is 18.2 Å². The minimum Gasteiger partial charge on any atom is -0.469 e. The Morgan fingerprint density at radius 2 is 2.33 bits per heavy atom. The zero-order chi connectivity index (χ0) is 8.39. The molecule has 0 bridgehead atoms. The van der Waals surface area contributed by atoms with Gasteiger partial charge in [-0.25, -0.2) is 4.98 Å². The van der Waals surface area contributed by atoms with Crippen molar-refractivity contribution < 1.29 is 9.47 Å². The molecule has 0 N–H and O–H groups in total. The van der Waals surface area contributed by atoms with Gasteiger partial charge in [0.1, 0.15) is 10.7 Å². The van der Waals surface area contributed by atoms with Gasteiger partial charge in [-0.1, -0.05) is 6.07 Å². The standard InChI is InChI=1S/C8H8BrNO2/c9-7-2-1-3-8(10-7)12-6-4-11-5-6/h1-3,6H,4-5H2. The van der Waals surface area contributed by atoms with Crippen LogP contribution in [0.25, 0.3) is 0 Å². The van der Waals surface area contributed by atoms with Crippen molar-refractivity contribution in [3.8, 4) is 5.88 Å². The second-order valence-electron chi connectivity index (χ2n) is 2.58. The van der Waals surface area contributed by atoms with E-state index in [2.05, 4.69) is 20.9 Å². The summed E-state index contributed by atoms with van der Waals surface area (Å²) < 4.78 is 11.2. The zero-order valence-corrected chi connectivity index (χ0v) is 7.95. The number of halogens is 1. The van der Waals surface area contributed by atoms with E-state index in [-0.39, 0.29) is 6.10 Å². The molecule has 1 fully saturated rings. The second kappa shape index (κ2) is 3.41. The third-order valence-electron chi connectivity index (χ3n) is 1.58. The summed E-state index contributed by atoms with van der Waals surface area (Å²) in [6.45, 7) is 1.35. The average Bonchev–Trinajstić information content (AvgIpc) is 1.97. The Kier molecular flexibility index (Phi) is 2.28. The van der Waals surface area contributed by atoms with Crippen molar-refractivity contribution in [2.24, 2.45) is 0 Å². The molecule has 2 rings (SSSR count). The summed E-state index contributed by atoms with van der Waals surface area (Å²) >= 11 is 3.27. The fraction of sp³-hybridized carbons (Fsp3) is 0.375. The smallest absolute Gasteiger partial charge is 0.214 e. The van der Waals surface area contributed by atoms with E-state index in [0.717, 1.165) is 4.60 Å². The summed E-state index contributed by atoms with van der Waals surface area (Å²) in [5.41, 5.74) is 0. The van der Waals surface area contributed by atoms with Crippen molar-refractivity contribution in [3.05, 3.63) is 22.8 Å². The molecular formula is C8H8BrNO2. The van der Waals surface area contributed by atoms with Gasteiger partial charge in [-0.05, 0) is 22.0 Å². The predicted molar refractivity (Wildman–Crippen MR) is 47.2 cm³/mol. The Hall–Kier alpha value is -0.610. The molecule has 0 radical (unpaired) electrons. The molecule has 0 aliphatic carbocycles. The molecule has 2 heterocycles. The first-order valence-corrected chi connectivity index (χ1v) is 4.51. The van der Waals surface area contributed by atoms with Gasteiger partial charge in [0, 0.05) is 6.07 Å². The Bertz CT molecular complexity index is 276. The summed E-state index contributed by atoms with van der Waals surface area (Å²) in [5, 5.41) is 0. The molecule has 0 amide bonds. The van der Waals surface area contributed by atoms with Gasteiger partial charge in [-0.3, -0.25) is 0 Å². The van der Waals surface area contributed by atoms with Crippen molar-refractivity contribution in [3.63, 3.8) is 0 Å². The topological polar surface area (TPSA) is 31.4 Å². The lowest BCUT2D eigenvalue weighted by Gasteiger charge is -2.25. The molecule has 1 aromatic rings. The largest absolute Gasteiger partial charge is 0.469 e. The van der Waals surface area contributed by atoms with Gasteiger partial charge in [-0.15, -0.1) is 0 Å². The summed E-state index contributed by atoms with van der Waals surface area (Å²) in [7, 11) is 0. The van der Waals surface area contributed by atoms with E-state index in [4.69, 9.17) is 9.47 Å². The lowest BCUT2D eigenvalue weighted by Crippen LogP contribution is -2.38. The minimum atomic E-state index is 0.187. The maximum absolute atomic E-state index is 5.46. The molecule has 3 nitrogen and oxygen atoms in total. The Labute approximate surface area is 78.8 Å². The van der Waals surface area contributed by atoms with Crippen LogP contribution in [0.1, 0.15) is 0 Å². The monoisotopic (exact) mass is 229 g/mol. The number of hydrogen-bond donors (Lipinski definition) is 0. The first-order valence-electron chi connectivity index (χ1n) is 3.71. The van der Waals surface area contributed by atoms with Crippen molar-refractivity contribution in [2.45, 2.75) is 6.10 Å². The van der Waals surface area contributed by atoms with Gasteiger partial charge in [-0.2, -0.15) is 0 Å². The van der Waals surface area contributed by atoms with Crippen molar-refractivity contribution >= 4 is 15.9 Å². The van der Waals surface area contributed by atoms with Crippen molar-refractivity contribution in [2.75, 3.05) is 13.2 Å². The first-order chi connectivity index (χ1) is 5.84. The first kappa shape index (κ1) is 8.01. The number of pyridine rings is 1. The minimum absolute atomic E-state index is 0.187. The van der Waals surface area contributed by atoms with Crippen molar-refractivity contribution in [1.82, 2.24) is 4.98 Å². The van der Waals surface area contributed by atoms with E-state index in [0.29, 0.717) is 19.1 Å². The van der Waals surface area contributed by atoms with Gasteiger partial charge in [0.05, 0.1) is 13.2 Å². The highest BCUT2D eigenvalue weighted by Gasteiger charge is 2.20. The summed E-state index contributed by atoms with van der Waals surface area (Å²) in [6, 6.07) is 5.60. The SMILES string of the molecule is Brc1cccc(OC2COC2)n1. The summed E-state index contributed by atoms with van der Waals surface area (Å²) in [5.74, 6) is 0.651. The number of aromatic nitrogens is 1. The normalized spacial score (nSPS) is 17.1. The Morgan fingerprint density at radius 3 is 2.92 bits per heavy atom. The highest BCUT2D eigenvalue weighted by molar-refractivity contribution is 9.10. The molecule has 1 saturated heterocycles. The molecule has 1 aliphatic rings. The molecule has 4 heteroatoms. The van der Waals surface area contributed by atoms with Crippen LogP contribution in [-0.2, 0) is 4.74 Å². The number of rotatable bonds is 2. The van der Waals surface area contributed by atoms with E-state index >= 15 is 0 Å². The van der Waals surface area contributed by atoms with E-state index in [9.17, 15) is 0 Å². The van der Waals surface area contributed by atoms with Crippen LogP contribution >= 0.6 is 15.9 Å². The molecule has 0 unspecified atom stereocenters. The van der Waals surface area contributed by atoms with Crippen LogP contribution in [0.3, 0.4) is 0 Å². The molecule has 1 aliphatic heterocycles. The van der Waals surface area contributed by atoms with Gasteiger partial charge in [0.25, 0.3) is 0 Å². The third-order valence-corrected chi connectivity index (χ3v) is 2.03. The van der Waals surface area contributed by atoms with E-state index < -0.39 is 0 Å². The van der Waals surface area contributed by atoms with Crippen molar-refractivity contribution in [1.29, 1.82) is 0 Å². The van der Waals surface area contributed by atoms with Gasteiger partial charge in [0.15, 0.2) is 0 Å². The highest BCUT2D eigenvalue weighted by atomic mass is 79.9. The maximum Gasteiger partial charge on any atom is 0.214 e. The fourth-order valence-electron chi connectivity index (χ4n) is 0.908. The fourth-order valence-corrected chi connectivity index (χ4v) is 1.24. The lowest BCUT2D eigenvalue weighted by atomic mass is 10.3. The Morgan fingerprint density at radius 1 is 1.50 bits per heavy atom. The predicted octanol–water partition coefficient (Wildman–Crippen LogP) is 1.62. The Balaban J connectivity index is 2.02. The lowest BCUT2D eigenvalue weighted by molar-refractivity contribution is -0.0813. The quantitative estimate of drug-likeness (QED) is 0.723. The molecule has 0 aromatic carbocycles. The third kappa shape index (κ3) is 1.76. The van der Waals surface area contributed by atoms with Gasteiger partial charge < -0.3 is 9.47 Å². The molecule has 0 spiro atoms. The van der Waals surface area contributed by atoms with Crippen LogP contribution in [0.5, 0.6) is 5.88 Å². The molecule has 0 atom stereocenters. The summed E-state index contributed by atoms with van der Waals surface area (Å²) in [6.07, 6.45) is 0.187. The number of nitrogens with zero attached hydrogens (tertiary/aromatic N) is 1. The van der Waals surface area contributed by atoms with E-state index in [1.54, 1.807) is 0 Å². The van der Waals surface area contributed by atoms with Crippen LogP contribution < -0.4 is 4.74 Å². The average molecular weight is 230 g/mol. The second-order valence-corrected chi connectivity index (χ2v) is 3.39.